The molecule has 198 valence electrons. The monoisotopic (exact) mass is 586 g/mol. The zero-order valence-electron chi connectivity index (χ0n) is 19.3. The summed E-state index contributed by atoms with van der Waals surface area (Å²) in [5.41, 5.74) is 10.4. The lowest BCUT2D eigenvalue weighted by molar-refractivity contribution is -0.150. The minimum atomic E-state index is -1.19. The quantitative estimate of drug-likeness (QED) is 0.263. The molecule has 0 aliphatic carbocycles. The molecule has 1 saturated heterocycles. The number of hydrogen-bond acceptors (Lipinski definition) is 13. The number of aliphatic hydroxyl groups is 1. The molecule has 5 rings (SSSR count). The second kappa shape index (κ2) is 10.9. The lowest BCUT2D eigenvalue weighted by Crippen LogP contribution is -2.70. The molecule has 4 aliphatic heterocycles. The summed E-state index contributed by atoms with van der Waals surface area (Å²) in [6.07, 6.45) is 3.51. The number of carbonyl (C=O) groups excluding carboxylic acids is 2. The van der Waals surface area contributed by atoms with Gasteiger partial charge in [0.1, 0.15) is 23.8 Å². The van der Waals surface area contributed by atoms with Crippen molar-refractivity contribution < 1.29 is 24.6 Å². The highest BCUT2D eigenvalue weighted by atomic mass is 35.5. The van der Waals surface area contributed by atoms with Gasteiger partial charge in [-0.2, -0.15) is 0 Å². The molecular weight excluding hydrogens is 564 g/mol. The Morgan fingerprint density at radius 3 is 2.86 bits per heavy atom. The number of thiazole rings is 1. The summed E-state index contributed by atoms with van der Waals surface area (Å²) in [6.45, 7) is 1.60. The fourth-order valence-electron chi connectivity index (χ4n) is 4.03. The number of aliphatic imine (C=N–C) groups is 1. The molecule has 1 aromatic rings. The van der Waals surface area contributed by atoms with E-state index in [1.54, 1.807) is 16.6 Å². The number of fused-ring (bicyclic) bond motifs is 2. The van der Waals surface area contributed by atoms with Crippen LogP contribution in [0.3, 0.4) is 0 Å². The van der Waals surface area contributed by atoms with Crippen molar-refractivity contribution in [2.75, 3.05) is 24.0 Å². The number of allylic oxidation sites excluding steroid dienone is 1. The highest BCUT2D eigenvalue weighted by Gasteiger charge is 2.54. The summed E-state index contributed by atoms with van der Waals surface area (Å²) < 4.78 is 0. The van der Waals surface area contributed by atoms with Crippen molar-refractivity contribution >= 4 is 75.9 Å². The number of thioether (sulfide) groups is 2. The largest absolute Gasteiger partial charge is 0.477 e. The number of amides is 2. The van der Waals surface area contributed by atoms with Crippen LogP contribution in [-0.4, -0.2) is 83.3 Å². The second-order valence-electron chi connectivity index (χ2n) is 8.12. The molecular formula is C20H23ClN8O5S3. The van der Waals surface area contributed by atoms with Crippen molar-refractivity contribution in [1.82, 2.24) is 30.8 Å². The average molecular weight is 587 g/mol. The Bertz CT molecular complexity index is 1260. The summed E-state index contributed by atoms with van der Waals surface area (Å²) in [5.74, 6) is -0.680. The maximum Gasteiger partial charge on any atom is 0.352 e. The Balaban J connectivity index is 0.00000320. The number of nitrogens with one attached hydrogen (secondary N) is 2. The molecule has 0 bridgehead atoms. The lowest BCUT2D eigenvalue weighted by Gasteiger charge is -2.49. The first-order valence-corrected chi connectivity index (χ1v) is 13.6. The van der Waals surface area contributed by atoms with Gasteiger partial charge < -0.3 is 21.3 Å². The van der Waals surface area contributed by atoms with E-state index in [2.05, 4.69) is 20.8 Å². The Kier molecular flexibility index (Phi) is 8.05. The van der Waals surface area contributed by atoms with Gasteiger partial charge in [0.25, 0.3) is 5.91 Å². The summed E-state index contributed by atoms with van der Waals surface area (Å²) in [4.78, 5) is 47.2. The predicted octanol–water partition coefficient (Wildman–Crippen LogP) is 0.263. The number of aliphatic hydroxyl groups excluding tert-OH is 1. The average Bonchev–Trinajstić information content (AvgIpc) is 3.45. The Hall–Kier alpha value is -2.76. The molecule has 0 aromatic carbocycles. The van der Waals surface area contributed by atoms with Crippen molar-refractivity contribution in [1.29, 1.82) is 0 Å². The number of carboxylic acids is 1. The van der Waals surface area contributed by atoms with Gasteiger partial charge in [-0.15, -0.1) is 52.8 Å². The number of rotatable bonds is 8. The number of nitrogens with two attached hydrogens (primary N) is 1. The van der Waals surface area contributed by atoms with Crippen molar-refractivity contribution in [3.8, 4) is 0 Å². The van der Waals surface area contributed by atoms with Crippen LogP contribution in [0.25, 0.3) is 0 Å². The smallest absolute Gasteiger partial charge is 0.352 e. The molecule has 37 heavy (non-hydrogen) atoms. The van der Waals surface area contributed by atoms with Gasteiger partial charge in [-0.25, -0.2) is 19.8 Å². The van der Waals surface area contributed by atoms with Gasteiger partial charge >= 0.3 is 5.97 Å². The fraction of sp³-hybridized carbons (Fsp3) is 0.350. The first-order chi connectivity index (χ1) is 17.2. The summed E-state index contributed by atoms with van der Waals surface area (Å²) in [5, 5.41) is 27.5. The van der Waals surface area contributed by atoms with Gasteiger partial charge in [0.2, 0.25) is 5.91 Å². The molecule has 17 heteroatoms. The van der Waals surface area contributed by atoms with E-state index in [1.165, 1.54) is 44.8 Å². The molecule has 13 nitrogen and oxygen atoms in total. The normalized spacial score (nSPS) is 22.4. The van der Waals surface area contributed by atoms with E-state index < -0.39 is 23.3 Å². The third-order valence-electron chi connectivity index (χ3n) is 5.60. The molecule has 6 N–H and O–H groups in total. The van der Waals surface area contributed by atoms with Gasteiger partial charge in [-0.05, 0) is 18.6 Å². The van der Waals surface area contributed by atoms with Gasteiger partial charge in [0, 0.05) is 22.6 Å². The highest BCUT2D eigenvalue weighted by Crippen LogP contribution is 2.42. The maximum absolute atomic E-state index is 12.9. The van der Waals surface area contributed by atoms with E-state index in [4.69, 9.17) is 5.73 Å². The molecule has 4 aliphatic rings. The van der Waals surface area contributed by atoms with Gasteiger partial charge in [-0.1, -0.05) is 0 Å². The van der Waals surface area contributed by atoms with Crippen LogP contribution >= 0.6 is 47.3 Å². The van der Waals surface area contributed by atoms with Crippen LogP contribution < -0.4 is 16.6 Å². The van der Waals surface area contributed by atoms with E-state index in [9.17, 15) is 24.6 Å². The number of aromatic nitrogens is 1. The van der Waals surface area contributed by atoms with Crippen LogP contribution in [0, 0.1) is 0 Å². The molecule has 2 amide bonds. The van der Waals surface area contributed by atoms with E-state index in [0.29, 0.717) is 33.7 Å². The van der Waals surface area contributed by atoms with Gasteiger partial charge in [0.15, 0.2) is 11.0 Å². The van der Waals surface area contributed by atoms with E-state index in [-0.39, 0.29) is 37.2 Å². The standard InChI is InChI=1S/C20H22N8O5S3.ClH/c1-9-2-14(28-12(22-9)4-26(8-29)25-28)34-5-10-6-35-18-15(17(31)27(18)16(10)19(32)33)24-13(30)3-11-7-36-20(21)23-11;/h2,4,7,15,18,25,29H,3,5-6,8H2,1H3,(H2,21,23)(H,24,30)(H,32,33);1H/t15?,18-;/m1./s1. The molecule has 1 fully saturated rings. The number of carboxylic acid groups (broad SMARTS) is 1. The van der Waals surface area contributed by atoms with Crippen molar-refractivity contribution in [2.24, 2.45) is 4.99 Å². The number of halogens is 1. The number of aliphatic carboxylic acids is 1. The van der Waals surface area contributed by atoms with Crippen molar-refractivity contribution in [2.45, 2.75) is 24.8 Å². The van der Waals surface area contributed by atoms with Crippen LogP contribution in [0.5, 0.6) is 0 Å². The van der Waals surface area contributed by atoms with Crippen LogP contribution in [0.15, 0.2) is 44.8 Å². The molecule has 1 unspecified atom stereocenters. The van der Waals surface area contributed by atoms with Gasteiger partial charge in [-0.3, -0.25) is 19.5 Å². The summed E-state index contributed by atoms with van der Waals surface area (Å²) in [7, 11) is 0. The molecule has 0 spiro atoms. The number of nitrogens with zero attached hydrogens (tertiary/aromatic N) is 5. The summed E-state index contributed by atoms with van der Waals surface area (Å²) in [6, 6.07) is -0.798. The zero-order chi connectivity index (χ0) is 25.6. The number of anilines is 1. The Morgan fingerprint density at radius 2 is 2.19 bits per heavy atom. The zero-order valence-corrected chi connectivity index (χ0v) is 22.5. The van der Waals surface area contributed by atoms with Crippen molar-refractivity contribution in [3.05, 3.63) is 45.5 Å². The van der Waals surface area contributed by atoms with Crippen LogP contribution in [0.4, 0.5) is 5.13 Å². The minimum absolute atomic E-state index is 0. The van der Waals surface area contributed by atoms with E-state index in [0.717, 1.165) is 10.7 Å². The Labute approximate surface area is 229 Å². The second-order valence-corrected chi connectivity index (χ2v) is 11.1. The van der Waals surface area contributed by atoms with Crippen LogP contribution in [-0.2, 0) is 20.8 Å². The molecule has 0 saturated carbocycles. The number of hydrazine groups is 2. The number of carbonyl (C=O) groups is 3. The third-order valence-corrected chi connectivity index (χ3v) is 8.75. The summed E-state index contributed by atoms with van der Waals surface area (Å²) >= 11 is 4.04. The molecule has 5 heterocycles. The number of nitrogen functional groups attached to an aromatic ring is 1. The first kappa shape index (κ1) is 27.3. The predicted molar refractivity (Wildman–Crippen MR) is 143 cm³/mol. The molecule has 2 atom stereocenters. The number of hydrogen-bond donors (Lipinski definition) is 5. The number of β-lactam (4-membered cyclic amide) rings is 1. The third kappa shape index (κ3) is 5.30. The van der Waals surface area contributed by atoms with Gasteiger partial charge in [0.05, 0.1) is 23.3 Å². The minimum Gasteiger partial charge on any atom is -0.477 e. The topological polar surface area (TPSA) is 177 Å². The fourth-order valence-corrected chi connectivity index (χ4v) is 7.15. The van der Waals surface area contributed by atoms with Crippen LogP contribution in [0.2, 0.25) is 0 Å². The van der Waals surface area contributed by atoms with Crippen LogP contribution in [0.1, 0.15) is 12.6 Å². The maximum atomic E-state index is 12.9. The SMILES string of the molecule is CC1=NC2=CN(CO)NN2C(SCC2=C(C(=O)O)N3C(=O)C(NC(=O)Cc4csc(N)n4)[C@H]3SC2)=C1.Cl. The lowest BCUT2D eigenvalue weighted by atomic mass is 10.0. The highest BCUT2D eigenvalue weighted by molar-refractivity contribution is 8.03. The molecule has 1 aromatic heterocycles. The first-order valence-electron chi connectivity index (χ1n) is 10.7. The molecule has 0 radical (unpaired) electrons. The van der Waals surface area contributed by atoms with E-state index in [1.807, 2.05) is 13.0 Å². The van der Waals surface area contributed by atoms with Crippen molar-refractivity contribution in [3.63, 3.8) is 0 Å². The van der Waals surface area contributed by atoms with E-state index >= 15 is 0 Å². The Morgan fingerprint density at radius 1 is 1.41 bits per heavy atom.